The smallest absolute Gasteiger partial charge is 0.223 e. The number of pyridine rings is 1. The Morgan fingerprint density at radius 1 is 1.10 bits per heavy atom. The maximum Gasteiger partial charge on any atom is 0.223 e. The maximum atomic E-state index is 12.5. The molecule has 0 unspecified atom stereocenters. The van der Waals surface area contributed by atoms with Gasteiger partial charge in [-0.1, -0.05) is 18.2 Å². The number of hydrogen-bond acceptors (Lipinski definition) is 4. The molecule has 5 nitrogen and oxygen atoms in total. The molecule has 3 heterocycles. The van der Waals surface area contributed by atoms with Crippen LogP contribution in [0.15, 0.2) is 42.5 Å². The molecule has 0 bridgehead atoms. The molecule has 3 aromatic rings. The van der Waals surface area contributed by atoms with Gasteiger partial charge in [0.25, 0.3) is 0 Å². The number of aryl methyl sites for hydroxylation is 2. The van der Waals surface area contributed by atoms with Crippen LogP contribution in [0.5, 0.6) is 5.75 Å². The molecule has 1 amide bonds. The van der Waals surface area contributed by atoms with Gasteiger partial charge >= 0.3 is 0 Å². The fourth-order valence-electron chi connectivity index (χ4n) is 4.63. The second kappa shape index (κ2) is 8.31. The molecule has 160 valence electrons. The summed E-state index contributed by atoms with van der Waals surface area (Å²) >= 11 is 0. The van der Waals surface area contributed by atoms with Crippen molar-refractivity contribution in [1.29, 1.82) is 0 Å². The zero-order valence-electron chi connectivity index (χ0n) is 18.1. The van der Waals surface area contributed by atoms with Gasteiger partial charge in [-0.15, -0.1) is 0 Å². The Bertz CT molecular complexity index is 1130. The van der Waals surface area contributed by atoms with E-state index >= 15 is 0 Å². The summed E-state index contributed by atoms with van der Waals surface area (Å²) in [4.78, 5) is 17.1. The third-order valence-electron chi connectivity index (χ3n) is 6.28. The SMILES string of the molecule is Cc1cc2c(c(-c3ccc4nc(C)ccc4c3)c1)O[C@@H](CNC(=O)C1CCOCC1)C2. The molecule has 0 aliphatic carbocycles. The van der Waals surface area contributed by atoms with E-state index in [0.717, 1.165) is 52.7 Å². The number of rotatable bonds is 4. The molecule has 1 aromatic heterocycles. The number of nitrogens with zero attached hydrogens (tertiary/aromatic N) is 1. The molecule has 0 radical (unpaired) electrons. The lowest BCUT2D eigenvalue weighted by Crippen LogP contribution is -2.39. The Kier molecular flexibility index (Phi) is 5.36. The van der Waals surface area contributed by atoms with Crippen molar-refractivity contribution < 1.29 is 14.3 Å². The van der Waals surface area contributed by atoms with Crippen molar-refractivity contribution in [3.8, 4) is 16.9 Å². The predicted molar refractivity (Wildman–Crippen MR) is 121 cm³/mol. The van der Waals surface area contributed by atoms with Gasteiger partial charge in [0.1, 0.15) is 11.9 Å². The number of carbonyl (C=O) groups excluding carboxylic acids is 1. The molecule has 1 fully saturated rings. The minimum Gasteiger partial charge on any atom is -0.487 e. The fraction of sp³-hybridized carbons (Fsp3) is 0.385. The lowest BCUT2D eigenvalue weighted by molar-refractivity contribution is -0.128. The van der Waals surface area contributed by atoms with Crippen molar-refractivity contribution >= 4 is 16.8 Å². The number of ether oxygens (including phenoxy) is 2. The molecule has 0 spiro atoms. The number of amides is 1. The number of carbonyl (C=O) groups is 1. The number of hydrogen-bond donors (Lipinski definition) is 1. The second-order valence-electron chi connectivity index (χ2n) is 8.74. The Morgan fingerprint density at radius 3 is 2.77 bits per heavy atom. The van der Waals surface area contributed by atoms with Gasteiger partial charge in [-0.05, 0) is 67.6 Å². The Morgan fingerprint density at radius 2 is 1.94 bits per heavy atom. The molecule has 5 heteroatoms. The molecule has 2 aliphatic heterocycles. The van der Waals surface area contributed by atoms with Crippen LogP contribution in [-0.2, 0) is 16.0 Å². The summed E-state index contributed by atoms with van der Waals surface area (Å²) in [5.74, 6) is 1.12. The summed E-state index contributed by atoms with van der Waals surface area (Å²) < 4.78 is 11.7. The number of benzene rings is 2. The quantitative estimate of drug-likeness (QED) is 0.686. The predicted octanol–water partition coefficient (Wildman–Crippen LogP) is 4.36. The van der Waals surface area contributed by atoms with Crippen LogP contribution < -0.4 is 10.1 Å². The van der Waals surface area contributed by atoms with E-state index in [1.807, 2.05) is 13.0 Å². The van der Waals surface area contributed by atoms with E-state index in [2.05, 4.69) is 53.6 Å². The number of aromatic nitrogens is 1. The normalized spacial score (nSPS) is 18.6. The van der Waals surface area contributed by atoms with Gasteiger partial charge in [-0.3, -0.25) is 9.78 Å². The standard InChI is InChI=1S/C26H28N2O3/c1-16-11-21-14-22(15-27-26(29)18-7-9-30-10-8-18)31-25(21)23(12-16)19-5-6-24-20(13-19)4-3-17(2)28-24/h3-6,11-13,18,22H,7-10,14-15H2,1-2H3,(H,27,29)/t22-/m1/s1. The van der Waals surface area contributed by atoms with Crippen molar-refractivity contribution in [1.82, 2.24) is 10.3 Å². The first-order valence-electron chi connectivity index (χ1n) is 11.1. The molecule has 2 aromatic carbocycles. The minimum absolute atomic E-state index is 0.0379. The maximum absolute atomic E-state index is 12.5. The monoisotopic (exact) mass is 416 g/mol. The van der Waals surface area contributed by atoms with Crippen molar-refractivity contribution in [3.05, 3.63) is 59.3 Å². The van der Waals surface area contributed by atoms with E-state index in [1.165, 1.54) is 11.1 Å². The molecule has 1 saturated heterocycles. The van der Waals surface area contributed by atoms with E-state index < -0.39 is 0 Å². The van der Waals surface area contributed by atoms with Gasteiger partial charge in [0, 0.05) is 42.2 Å². The highest BCUT2D eigenvalue weighted by Crippen LogP contribution is 2.40. The highest BCUT2D eigenvalue weighted by Gasteiger charge is 2.28. The van der Waals surface area contributed by atoms with Crippen LogP contribution >= 0.6 is 0 Å². The van der Waals surface area contributed by atoms with Crippen LogP contribution in [-0.4, -0.2) is 36.8 Å². The van der Waals surface area contributed by atoms with Crippen molar-refractivity contribution in [2.24, 2.45) is 5.92 Å². The highest BCUT2D eigenvalue weighted by atomic mass is 16.5. The third kappa shape index (κ3) is 4.15. The van der Waals surface area contributed by atoms with E-state index in [1.54, 1.807) is 0 Å². The van der Waals surface area contributed by atoms with Gasteiger partial charge < -0.3 is 14.8 Å². The van der Waals surface area contributed by atoms with Crippen LogP contribution in [0.25, 0.3) is 22.0 Å². The number of fused-ring (bicyclic) bond motifs is 2. The topological polar surface area (TPSA) is 60.5 Å². The molecule has 0 saturated carbocycles. The van der Waals surface area contributed by atoms with Gasteiger partial charge in [0.2, 0.25) is 5.91 Å². The van der Waals surface area contributed by atoms with E-state index in [0.29, 0.717) is 19.8 Å². The van der Waals surface area contributed by atoms with Crippen LogP contribution in [0.1, 0.15) is 29.7 Å². The summed E-state index contributed by atoms with van der Waals surface area (Å²) in [6.07, 6.45) is 2.38. The summed E-state index contributed by atoms with van der Waals surface area (Å²) in [5, 5.41) is 4.23. The number of nitrogens with one attached hydrogen (secondary N) is 1. The highest BCUT2D eigenvalue weighted by molar-refractivity contribution is 5.86. The first kappa shape index (κ1) is 20.0. The minimum atomic E-state index is -0.0379. The van der Waals surface area contributed by atoms with Gasteiger partial charge in [-0.2, -0.15) is 0 Å². The largest absolute Gasteiger partial charge is 0.487 e. The Balaban J connectivity index is 1.35. The molecular formula is C26H28N2O3. The summed E-state index contributed by atoms with van der Waals surface area (Å²) in [7, 11) is 0. The molecular weight excluding hydrogens is 388 g/mol. The van der Waals surface area contributed by atoms with Crippen molar-refractivity contribution in [3.63, 3.8) is 0 Å². The molecule has 5 rings (SSSR count). The van der Waals surface area contributed by atoms with E-state index in [-0.39, 0.29) is 17.9 Å². The van der Waals surface area contributed by atoms with Crippen LogP contribution in [0.2, 0.25) is 0 Å². The van der Waals surface area contributed by atoms with Crippen LogP contribution in [0, 0.1) is 19.8 Å². The fourth-order valence-corrected chi connectivity index (χ4v) is 4.63. The van der Waals surface area contributed by atoms with Crippen molar-refractivity contribution in [2.45, 2.75) is 39.2 Å². The average molecular weight is 417 g/mol. The molecule has 1 atom stereocenters. The van der Waals surface area contributed by atoms with Crippen molar-refractivity contribution in [2.75, 3.05) is 19.8 Å². The lowest BCUT2D eigenvalue weighted by atomic mass is 9.96. The van der Waals surface area contributed by atoms with Gasteiger partial charge in [-0.25, -0.2) is 0 Å². The Hall–Kier alpha value is -2.92. The van der Waals surface area contributed by atoms with Crippen LogP contribution in [0.4, 0.5) is 0 Å². The van der Waals surface area contributed by atoms with Gasteiger partial charge in [0.15, 0.2) is 0 Å². The summed E-state index contributed by atoms with van der Waals surface area (Å²) in [6.45, 7) is 6.01. The van der Waals surface area contributed by atoms with Crippen LogP contribution in [0.3, 0.4) is 0 Å². The molecule has 1 N–H and O–H groups in total. The van der Waals surface area contributed by atoms with E-state index in [9.17, 15) is 4.79 Å². The van der Waals surface area contributed by atoms with Gasteiger partial charge in [0.05, 0.1) is 12.1 Å². The first-order valence-corrected chi connectivity index (χ1v) is 11.1. The third-order valence-corrected chi connectivity index (χ3v) is 6.28. The zero-order chi connectivity index (χ0) is 21.4. The molecule has 31 heavy (non-hydrogen) atoms. The second-order valence-corrected chi connectivity index (χ2v) is 8.74. The first-order chi connectivity index (χ1) is 15.1. The summed E-state index contributed by atoms with van der Waals surface area (Å²) in [6, 6.07) is 14.9. The lowest BCUT2D eigenvalue weighted by Gasteiger charge is -2.22. The average Bonchev–Trinajstić information content (AvgIpc) is 3.20. The molecule has 2 aliphatic rings. The van der Waals surface area contributed by atoms with E-state index in [4.69, 9.17) is 9.47 Å². The Labute approximate surface area is 182 Å². The zero-order valence-corrected chi connectivity index (χ0v) is 18.1. The summed E-state index contributed by atoms with van der Waals surface area (Å²) in [5.41, 5.74) is 6.68.